The van der Waals surface area contributed by atoms with Gasteiger partial charge in [0.2, 0.25) is 5.91 Å². The zero-order valence-corrected chi connectivity index (χ0v) is 18.8. The lowest BCUT2D eigenvalue weighted by molar-refractivity contribution is -0.113. The van der Waals surface area contributed by atoms with E-state index in [2.05, 4.69) is 15.5 Å². The summed E-state index contributed by atoms with van der Waals surface area (Å²) in [6.45, 7) is 0.410. The Kier molecular flexibility index (Phi) is 6.81. The van der Waals surface area contributed by atoms with E-state index in [1.165, 1.54) is 11.8 Å². The van der Waals surface area contributed by atoms with Gasteiger partial charge in [-0.1, -0.05) is 35.0 Å². The van der Waals surface area contributed by atoms with Gasteiger partial charge in [0.05, 0.1) is 29.1 Å². The van der Waals surface area contributed by atoms with E-state index < -0.39 is 0 Å². The zero-order chi connectivity index (χ0) is 22.5. The zero-order valence-electron chi connectivity index (χ0n) is 16.5. The highest BCUT2D eigenvalue weighted by molar-refractivity contribution is 7.99. The van der Waals surface area contributed by atoms with Crippen LogP contribution in [0.3, 0.4) is 0 Å². The molecule has 1 amide bonds. The molecule has 0 bridgehead atoms. The van der Waals surface area contributed by atoms with Gasteiger partial charge in [0.15, 0.2) is 11.0 Å². The number of benzene rings is 2. The highest BCUT2D eigenvalue weighted by Gasteiger charge is 2.17. The largest absolute Gasteiger partial charge is 0.467 e. The molecule has 10 heteroatoms. The van der Waals surface area contributed by atoms with Crippen LogP contribution in [0.4, 0.5) is 5.69 Å². The van der Waals surface area contributed by atoms with Gasteiger partial charge in [-0.3, -0.25) is 9.36 Å². The third-order valence-electron chi connectivity index (χ3n) is 4.42. The van der Waals surface area contributed by atoms with E-state index >= 15 is 0 Å². The summed E-state index contributed by atoms with van der Waals surface area (Å²) in [4.78, 5) is 12.5. The minimum absolute atomic E-state index is 0.106. The molecule has 0 spiro atoms. The number of nitriles is 1. The molecule has 2 aromatic carbocycles. The number of nitrogens with zero attached hydrogens (tertiary/aromatic N) is 4. The molecule has 160 valence electrons. The summed E-state index contributed by atoms with van der Waals surface area (Å²) in [7, 11) is 0. The first kappa shape index (κ1) is 22.0. The Bertz CT molecular complexity index is 1280. The average Bonchev–Trinajstić information content (AvgIpc) is 3.44. The second-order valence-corrected chi connectivity index (χ2v) is 8.41. The number of amides is 1. The van der Waals surface area contributed by atoms with E-state index in [1.54, 1.807) is 36.6 Å². The predicted octanol–water partition coefficient (Wildman–Crippen LogP) is 5.50. The van der Waals surface area contributed by atoms with Crippen molar-refractivity contribution in [2.75, 3.05) is 11.1 Å². The number of hydrogen-bond acceptors (Lipinski definition) is 6. The van der Waals surface area contributed by atoms with Crippen LogP contribution in [0.25, 0.3) is 11.4 Å². The van der Waals surface area contributed by atoms with Gasteiger partial charge in [-0.05, 0) is 54.6 Å². The maximum absolute atomic E-state index is 12.5. The van der Waals surface area contributed by atoms with Gasteiger partial charge >= 0.3 is 0 Å². The number of halogens is 2. The maximum atomic E-state index is 12.5. The van der Waals surface area contributed by atoms with Crippen LogP contribution in [0.5, 0.6) is 0 Å². The number of carbonyl (C=O) groups excluding carboxylic acids is 1. The van der Waals surface area contributed by atoms with Gasteiger partial charge in [-0.2, -0.15) is 5.26 Å². The van der Waals surface area contributed by atoms with Crippen molar-refractivity contribution in [2.24, 2.45) is 0 Å². The SMILES string of the molecule is N#Cc1ccc(NC(=O)CSc2nnc(-c3ccc(Cl)cc3)n2Cc2ccco2)cc1Cl. The fourth-order valence-electron chi connectivity index (χ4n) is 2.92. The standard InChI is InChI=1S/C22H15Cl2N5O2S/c23-16-6-3-14(4-7-16)21-27-28-22(29(21)12-18-2-1-9-31-18)32-13-20(30)26-17-8-5-15(11-25)19(24)10-17/h1-10H,12-13H2,(H,26,30). The van der Waals surface area contributed by atoms with E-state index in [-0.39, 0.29) is 16.7 Å². The molecule has 0 atom stereocenters. The molecule has 0 aliphatic carbocycles. The van der Waals surface area contributed by atoms with Crippen molar-refractivity contribution in [1.82, 2.24) is 14.8 Å². The summed E-state index contributed by atoms with van der Waals surface area (Å²) >= 11 is 13.3. The fourth-order valence-corrected chi connectivity index (χ4v) is 4.01. The van der Waals surface area contributed by atoms with Crippen molar-refractivity contribution in [2.45, 2.75) is 11.7 Å². The molecular formula is C22H15Cl2N5O2S. The molecule has 32 heavy (non-hydrogen) atoms. The highest BCUT2D eigenvalue weighted by atomic mass is 35.5. The van der Waals surface area contributed by atoms with Gasteiger partial charge in [0, 0.05) is 16.3 Å². The van der Waals surface area contributed by atoms with Crippen LogP contribution >= 0.6 is 35.0 Å². The summed E-state index contributed by atoms with van der Waals surface area (Å²) < 4.78 is 7.37. The predicted molar refractivity (Wildman–Crippen MR) is 124 cm³/mol. The van der Waals surface area contributed by atoms with Crippen LogP contribution in [0.15, 0.2) is 70.4 Å². The van der Waals surface area contributed by atoms with Gasteiger partial charge in [-0.15, -0.1) is 10.2 Å². The molecule has 0 saturated carbocycles. The summed E-state index contributed by atoms with van der Waals surface area (Å²) in [6.07, 6.45) is 1.60. The summed E-state index contributed by atoms with van der Waals surface area (Å²) in [5.41, 5.74) is 1.70. The molecule has 0 saturated heterocycles. The number of anilines is 1. The molecule has 0 unspecified atom stereocenters. The Morgan fingerprint density at radius 2 is 1.97 bits per heavy atom. The van der Waals surface area contributed by atoms with Gasteiger partial charge in [0.25, 0.3) is 0 Å². The molecule has 2 heterocycles. The van der Waals surface area contributed by atoms with Gasteiger partial charge in [0.1, 0.15) is 11.8 Å². The lowest BCUT2D eigenvalue weighted by Crippen LogP contribution is -2.15. The Hall–Kier alpha value is -3.25. The molecule has 4 rings (SSSR count). The second kappa shape index (κ2) is 9.92. The lowest BCUT2D eigenvalue weighted by atomic mass is 10.2. The van der Waals surface area contributed by atoms with Crippen molar-refractivity contribution in [3.63, 3.8) is 0 Å². The van der Waals surface area contributed by atoms with Crippen molar-refractivity contribution >= 4 is 46.6 Å². The highest BCUT2D eigenvalue weighted by Crippen LogP contribution is 2.27. The normalized spacial score (nSPS) is 10.7. The molecule has 0 aliphatic heterocycles. The first-order chi connectivity index (χ1) is 15.5. The summed E-state index contributed by atoms with van der Waals surface area (Å²) in [6, 6.07) is 17.7. The van der Waals surface area contributed by atoms with Gasteiger partial charge in [-0.25, -0.2) is 0 Å². The van der Waals surface area contributed by atoms with Crippen LogP contribution in [0, 0.1) is 11.3 Å². The molecular weight excluding hydrogens is 469 g/mol. The summed E-state index contributed by atoms with van der Waals surface area (Å²) in [5, 5.41) is 21.8. The topological polar surface area (TPSA) is 96.7 Å². The second-order valence-electron chi connectivity index (χ2n) is 6.62. The first-order valence-corrected chi connectivity index (χ1v) is 11.1. The minimum atomic E-state index is -0.239. The lowest BCUT2D eigenvalue weighted by Gasteiger charge is -2.09. The van der Waals surface area contributed by atoms with Crippen LogP contribution in [-0.4, -0.2) is 26.4 Å². The molecule has 0 fully saturated rings. The Morgan fingerprint density at radius 3 is 2.66 bits per heavy atom. The molecule has 0 radical (unpaired) electrons. The van der Waals surface area contributed by atoms with Crippen LogP contribution in [0.1, 0.15) is 11.3 Å². The number of rotatable bonds is 7. The molecule has 2 aromatic heterocycles. The Balaban J connectivity index is 1.51. The van der Waals surface area contributed by atoms with Crippen molar-refractivity contribution in [3.05, 3.63) is 82.2 Å². The maximum Gasteiger partial charge on any atom is 0.234 e. The van der Waals surface area contributed by atoms with E-state index in [9.17, 15) is 4.79 Å². The average molecular weight is 484 g/mol. The third kappa shape index (κ3) is 5.14. The van der Waals surface area contributed by atoms with Crippen molar-refractivity contribution in [1.29, 1.82) is 5.26 Å². The quantitative estimate of drug-likeness (QED) is 0.348. The van der Waals surface area contributed by atoms with E-state index in [0.29, 0.717) is 33.8 Å². The van der Waals surface area contributed by atoms with E-state index in [4.69, 9.17) is 32.9 Å². The molecule has 1 N–H and O–H groups in total. The van der Waals surface area contributed by atoms with Crippen LogP contribution < -0.4 is 5.32 Å². The van der Waals surface area contributed by atoms with Crippen LogP contribution in [0.2, 0.25) is 10.0 Å². The Labute approximate surface area is 198 Å². The fraction of sp³-hybridized carbons (Fsp3) is 0.0909. The van der Waals surface area contributed by atoms with Crippen molar-refractivity contribution < 1.29 is 9.21 Å². The Morgan fingerprint density at radius 1 is 1.16 bits per heavy atom. The van der Waals surface area contributed by atoms with E-state index in [0.717, 1.165) is 11.3 Å². The summed E-state index contributed by atoms with van der Waals surface area (Å²) in [5.74, 6) is 1.24. The van der Waals surface area contributed by atoms with Gasteiger partial charge < -0.3 is 9.73 Å². The molecule has 4 aromatic rings. The molecule has 0 aliphatic rings. The smallest absolute Gasteiger partial charge is 0.234 e. The van der Waals surface area contributed by atoms with E-state index in [1.807, 2.05) is 34.9 Å². The number of hydrogen-bond donors (Lipinski definition) is 1. The third-order valence-corrected chi connectivity index (χ3v) is 5.95. The number of carbonyl (C=O) groups is 1. The number of aromatic nitrogens is 3. The number of furan rings is 1. The number of thioether (sulfide) groups is 1. The minimum Gasteiger partial charge on any atom is -0.467 e. The monoisotopic (exact) mass is 483 g/mol. The van der Waals surface area contributed by atoms with Crippen LogP contribution in [-0.2, 0) is 11.3 Å². The first-order valence-electron chi connectivity index (χ1n) is 9.37. The van der Waals surface area contributed by atoms with Crippen molar-refractivity contribution in [3.8, 4) is 17.5 Å². The molecule has 7 nitrogen and oxygen atoms in total. The number of nitrogens with one attached hydrogen (secondary N) is 1.